The minimum atomic E-state index is 0.122. The zero-order valence-electron chi connectivity index (χ0n) is 21.4. The van der Waals surface area contributed by atoms with E-state index in [0.29, 0.717) is 29.7 Å². The Balaban J connectivity index is 1.20. The number of carbonyl (C=O) groups is 1. The van der Waals surface area contributed by atoms with Crippen LogP contribution in [0.4, 0.5) is 0 Å². The summed E-state index contributed by atoms with van der Waals surface area (Å²) in [5.41, 5.74) is 2.88. The Bertz CT molecular complexity index is 1000. The van der Waals surface area contributed by atoms with E-state index in [1.807, 2.05) is 35.4 Å². The Kier molecular flexibility index (Phi) is 8.59. The summed E-state index contributed by atoms with van der Waals surface area (Å²) >= 11 is 0. The molecule has 2 fully saturated rings. The maximum atomic E-state index is 12.8. The van der Waals surface area contributed by atoms with Crippen LogP contribution in [-0.4, -0.2) is 64.6 Å². The summed E-state index contributed by atoms with van der Waals surface area (Å²) < 4.78 is 6.20. The van der Waals surface area contributed by atoms with Crippen LogP contribution >= 0.6 is 0 Å². The molecule has 1 N–H and O–H groups in total. The maximum absolute atomic E-state index is 12.8. The molecule has 1 aromatic carbocycles. The second kappa shape index (κ2) is 11.8. The van der Waals surface area contributed by atoms with Crippen LogP contribution in [0.3, 0.4) is 0 Å². The third kappa shape index (κ3) is 6.71. The first-order valence-electron chi connectivity index (χ1n) is 13.1. The number of hydrogen-bond acceptors (Lipinski definition) is 5. The van der Waals surface area contributed by atoms with Gasteiger partial charge in [0.15, 0.2) is 0 Å². The highest BCUT2D eigenvalue weighted by Crippen LogP contribution is 2.36. The van der Waals surface area contributed by atoms with Crippen LogP contribution < -0.4 is 0 Å². The number of hydrogen-bond donors (Lipinski definition) is 1. The fraction of sp³-hybridized carbons (Fsp3) is 0.607. The Morgan fingerprint density at radius 3 is 2.63 bits per heavy atom. The zero-order valence-corrected chi connectivity index (χ0v) is 21.4. The number of benzene rings is 1. The smallest absolute Gasteiger partial charge is 0.248 e. The molecule has 3 unspecified atom stereocenters. The summed E-state index contributed by atoms with van der Waals surface area (Å²) in [6.45, 7) is 11.1. The first-order chi connectivity index (χ1) is 16.9. The predicted molar refractivity (Wildman–Crippen MR) is 135 cm³/mol. The van der Waals surface area contributed by atoms with Gasteiger partial charge in [-0.2, -0.15) is 5.26 Å². The van der Waals surface area contributed by atoms with Gasteiger partial charge in [0, 0.05) is 51.0 Å². The average Bonchev–Trinajstić information content (AvgIpc) is 3.29. The van der Waals surface area contributed by atoms with Crippen molar-refractivity contribution < 1.29 is 9.53 Å². The van der Waals surface area contributed by atoms with Crippen LogP contribution in [0.1, 0.15) is 62.7 Å². The van der Waals surface area contributed by atoms with Crippen molar-refractivity contribution in [3.63, 3.8) is 0 Å². The summed E-state index contributed by atoms with van der Waals surface area (Å²) in [4.78, 5) is 25.1. The summed E-state index contributed by atoms with van der Waals surface area (Å²) in [7, 11) is 0. The van der Waals surface area contributed by atoms with E-state index < -0.39 is 0 Å². The summed E-state index contributed by atoms with van der Waals surface area (Å²) in [5.74, 6) is 2.84. The molecule has 1 amide bonds. The second-order valence-corrected chi connectivity index (χ2v) is 10.6. The third-order valence-corrected chi connectivity index (χ3v) is 7.68. The van der Waals surface area contributed by atoms with Gasteiger partial charge in [0.25, 0.3) is 0 Å². The van der Waals surface area contributed by atoms with E-state index in [1.54, 1.807) is 0 Å². The van der Waals surface area contributed by atoms with Crippen LogP contribution in [0.15, 0.2) is 30.5 Å². The highest BCUT2D eigenvalue weighted by Gasteiger charge is 2.34. The molecule has 4 rings (SSSR count). The van der Waals surface area contributed by atoms with Gasteiger partial charge in [-0.15, -0.1) is 0 Å². The van der Waals surface area contributed by atoms with E-state index in [9.17, 15) is 4.79 Å². The number of amides is 1. The van der Waals surface area contributed by atoms with Gasteiger partial charge in [0.05, 0.1) is 17.7 Å². The number of H-pyrrole nitrogens is 1. The van der Waals surface area contributed by atoms with Gasteiger partial charge < -0.3 is 14.6 Å². The number of rotatable bonds is 8. The first kappa shape index (κ1) is 25.4. The van der Waals surface area contributed by atoms with Crippen LogP contribution in [0, 0.1) is 29.1 Å². The molecule has 2 heterocycles. The summed E-state index contributed by atoms with van der Waals surface area (Å²) in [6, 6.07) is 9.76. The highest BCUT2D eigenvalue weighted by atomic mass is 16.5. The number of ether oxygens (including phenoxy) is 1. The molecule has 1 aliphatic heterocycles. The van der Waals surface area contributed by atoms with Crippen LogP contribution in [-0.2, 0) is 22.5 Å². The molecule has 1 aromatic heterocycles. The Hall–Kier alpha value is -2.69. The lowest BCUT2D eigenvalue weighted by Gasteiger charge is -2.39. The number of carbonyl (C=O) groups excluding carboxylic acids is 1. The molecule has 0 spiro atoms. The van der Waals surface area contributed by atoms with Crippen molar-refractivity contribution in [2.45, 2.75) is 59.1 Å². The van der Waals surface area contributed by atoms with Crippen molar-refractivity contribution in [1.82, 2.24) is 19.8 Å². The van der Waals surface area contributed by atoms with Crippen molar-refractivity contribution in [2.75, 3.05) is 32.8 Å². The minimum Gasteiger partial charge on any atom is -0.368 e. The monoisotopic (exact) mass is 477 g/mol. The number of nitrogens with zero attached hydrogens (tertiary/aromatic N) is 4. The van der Waals surface area contributed by atoms with Crippen molar-refractivity contribution >= 4 is 5.91 Å². The standard InChI is InChI=1S/C28H39N5O2/c1-20(2)28-21(3)5-4-6-25(28)35-19-27(34)33-13-11-32(12-14-33)18-24-17-30-26(31-24)15-22-7-9-23(16-29)10-8-22/h7-10,17,20-21,25,28H,4-6,11-15,18-19H2,1-3H3,(H,30,31). The van der Waals surface area contributed by atoms with E-state index in [1.165, 1.54) is 12.8 Å². The zero-order chi connectivity index (χ0) is 24.8. The SMILES string of the molecule is CC(C)C1C(C)CCCC1OCC(=O)N1CCN(Cc2cnc(Cc3ccc(C#N)cc3)[nH]2)CC1. The van der Waals surface area contributed by atoms with E-state index in [2.05, 4.69) is 41.7 Å². The van der Waals surface area contributed by atoms with Crippen molar-refractivity contribution in [3.05, 3.63) is 53.1 Å². The third-order valence-electron chi connectivity index (χ3n) is 7.68. The molecular formula is C28H39N5O2. The lowest BCUT2D eigenvalue weighted by Crippen LogP contribution is -2.50. The molecule has 1 aliphatic carbocycles. The number of aromatic nitrogens is 2. The largest absolute Gasteiger partial charge is 0.368 e. The molecule has 0 bridgehead atoms. The predicted octanol–water partition coefficient (Wildman–Crippen LogP) is 3.99. The van der Waals surface area contributed by atoms with Crippen LogP contribution in [0.5, 0.6) is 0 Å². The molecule has 3 atom stereocenters. The second-order valence-electron chi connectivity index (χ2n) is 10.6. The molecule has 0 radical (unpaired) electrons. The van der Waals surface area contributed by atoms with Gasteiger partial charge in [0.2, 0.25) is 5.91 Å². The fourth-order valence-electron chi connectivity index (χ4n) is 5.81. The van der Waals surface area contributed by atoms with Crippen molar-refractivity contribution in [3.8, 4) is 6.07 Å². The number of aromatic amines is 1. The Morgan fingerprint density at radius 1 is 1.20 bits per heavy atom. The molecule has 35 heavy (non-hydrogen) atoms. The molecule has 2 aliphatic rings. The van der Waals surface area contributed by atoms with Crippen LogP contribution in [0.25, 0.3) is 0 Å². The highest BCUT2D eigenvalue weighted by molar-refractivity contribution is 5.77. The lowest BCUT2D eigenvalue weighted by molar-refractivity contribution is -0.143. The van der Waals surface area contributed by atoms with Gasteiger partial charge in [-0.05, 0) is 41.9 Å². The lowest BCUT2D eigenvalue weighted by atomic mass is 9.72. The van der Waals surface area contributed by atoms with Gasteiger partial charge in [-0.1, -0.05) is 45.7 Å². The topological polar surface area (TPSA) is 85.2 Å². The van der Waals surface area contributed by atoms with E-state index in [-0.39, 0.29) is 18.6 Å². The molecule has 7 heteroatoms. The van der Waals surface area contributed by atoms with Gasteiger partial charge in [-0.25, -0.2) is 4.98 Å². The number of nitriles is 1. The summed E-state index contributed by atoms with van der Waals surface area (Å²) in [6.07, 6.45) is 6.37. The van der Waals surface area contributed by atoms with Crippen LogP contribution in [0.2, 0.25) is 0 Å². The molecular weight excluding hydrogens is 438 g/mol. The molecule has 7 nitrogen and oxygen atoms in total. The van der Waals surface area contributed by atoms with Gasteiger partial charge in [0.1, 0.15) is 12.4 Å². The summed E-state index contributed by atoms with van der Waals surface area (Å²) in [5, 5.41) is 8.94. The fourth-order valence-corrected chi connectivity index (χ4v) is 5.81. The average molecular weight is 478 g/mol. The number of piperazine rings is 1. The first-order valence-corrected chi connectivity index (χ1v) is 13.1. The molecule has 1 saturated heterocycles. The molecule has 188 valence electrons. The van der Waals surface area contributed by atoms with Crippen molar-refractivity contribution in [2.24, 2.45) is 17.8 Å². The van der Waals surface area contributed by atoms with Gasteiger partial charge in [-0.3, -0.25) is 9.69 Å². The minimum absolute atomic E-state index is 0.122. The Morgan fingerprint density at radius 2 is 1.94 bits per heavy atom. The molecule has 2 aromatic rings. The quantitative estimate of drug-likeness (QED) is 0.621. The number of nitrogens with one attached hydrogen (secondary N) is 1. The maximum Gasteiger partial charge on any atom is 0.248 e. The van der Waals surface area contributed by atoms with Gasteiger partial charge >= 0.3 is 0 Å². The van der Waals surface area contributed by atoms with Crippen molar-refractivity contribution in [1.29, 1.82) is 5.26 Å². The van der Waals surface area contributed by atoms with E-state index in [0.717, 1.165) is 56.2 Å². The van der Waals surface area contributed by atoms with E-state index in [4.69, 9.17) is 10.00 Å². The molecule has 1 saturated carbocycles. The number of imidazole rings is 1. The Labute approximate surface area is 209 Å². The normalized spacial score (nSPS) is 23.4. The van der Waals surface area contributed by atoms with E-state index >= 15 is 0 Å².